The van der Waals surface area contributed by atoms with Crippen LogP contribution in [0.15, 0.2) is 18.5 Å². The Hall–Kier alpha value is -0.800. The minimum Gasteiger partial charge on any atom is -0.388 e. The second-order valence-electron chi connectivity index (χ2n) is 4.51. The molecule has 0 aliphatic heterocycles. The molecule has 0 amide bonds. The van der Waals surface area contributed by atoms with Gasteiger partial charge in [-0.1, -0.05) is 27.2 Å². The van der Waals surface area contributed by atoms with Gasteiger partial charge in [0.1, 0.15) is 0 Å². The minimum absolute atomic E-state index is 0.297. The van der Waals surface area contributed by atoms with Crippen LogP contribution >= 0.6 is 0 Å². The highest BCUT2D eigenvalue weighted by Gasteiger charge is 2.08. The van der Waals surface area contributed by atoms with Gasteiger partial charge >= 0.3 is 0 Å². The summed E-state index contributed by atoms with van der Waals surface area (Å²) in [6.45, 7) is 10.8. The van der Waals surface area contributed by atoms with Crippen LogP contribution in [0.4, 0.5) is 0 Å². The van der Waals surface area contributed by atoms with Crippen molar-refractivity contribution < 1.29 is 5.11 Å². The number of aliphatic hydroxyl groups is 1. The Morgan fingerprint density at radius 3 is 2.59 bits per heavy atom. The van der Waals surface area contributed by atoms with Crippen molar-refractivity contribution in [1.82, 2.24) is 9.47 Å². The molecule has 1 atom stereocenters. The van der Waals surface area contributed by atoms with Gasteiger partial charge < -0.3 is 14.6 Å². The maximum absolute atomic E-state index is 9.88. The van der Waals surface area contributed by atoms with E-state index >= 15 is 0 Å². The summed E-state index contributed by atoms with van der Waals surface area (Å²) < 4.78 is 2.17. The molecule has 1 rings (SSSR count). The third-order valence-electron chi connectivity index (χ3n) is 3.29. The van der Waals surface area contributed by atoms with Gasteiger partial charge in [0.2, 0.25) is 0 Å². The van der Waals surface area contributed by atoms with Crippen LogP contribution < -0.4 is 0 Å². The summed E-state index contributed by atoms with van der Waals surface area (Å²) in [5, 5.41) is 9.88. The highest BCUT2D eigenvalue weighted by atomic mass is 16.3. The van der Waals surface area contributed by atoms with E-state index in [9.17, 15) is 5.11 Å². The SMILES string of the molecule is CCCC(O)c1ccn(CCN(CC)CC)c1. The molecule has 0 radical (unpaired) electrons. The highest BCUT2D eigenvalue weighted by molar-refractivity contribution is 5.13. The first-order valence-corrected chi connectivity index (χ1v) is 6.77. The van der Waals surface area contributed by atoms with E-state index < -0.39 is 0 Å². The normalized spacial score (nSPS) is 13.2. The quantitative estimate of drug-likeness (QED) is 0.754. The summed E-state index contributed by atoms with van der Waals surface area (Å²) in [5.41, 5.74) is 1.05. The summed E-state index contributed by atoms with van der Waals surface area (Å²) in [5.74, 6) is 0. The summed E-state index contributed by atoms with van der Waals surface area (Å²) >= 11 is 0. The molecule has 0 spiro atoms. The maximum Gasteiger partial charge on any atom is 0.0804 e. The van der Waals surface area contributed by atoms with Crippen molar-refractivity contribution >= 4 is 0 Å². The zero-order valence-electron chi connectivity index (χ0n) is 11.4. The zero-order chi connectivity index (χ0) is 12.7. The first kappa shape index (κ1) is 14.3. The first-order chi connectivity index (χ1) is 8.21. The van der Waals surface area contributed by atoms with Crippen molar-refractivity contribution in [2.75, 3.05) is 19.6 Å². The van der Waals surface area contributed by atoms with E-state index in [1.54, 1.807) is 0 Å². The van der Waals surface area contributed by atoms with E-state index in [0.717, 1.165) is 44.6 Å². The van der Waals surface area contributed by atoms with Gasteiger partial charge in [-0.25, -0.2) is 0 Å². The summed E-state index contributed by atoms with van der Waals surface area (Å²) in [6, 6.07) is 2.03. The lowest BCUT2D eigenvalue weighted by Crippen LogP contribution is -2.26. The third kappa shape index (κ3) is 4.52. The van der Waals surface area contributed by atoms with Gasteiger partial charge in [0.25, 0.3) is 0 Å². The molecule has 1 aromatic heterocycles. The minimum atomic E-state index is -0.297. The topological polar surface area (TPSA) is 28.4 Å². The number of hydrogen-bond acceptors (Lipinski definition) is 2. The van der Waals surface area contributed by atoms with Gasteiger partial charge in [0, 0.05) is 25.5 Å². The lowest BCUT2D eigenvalue weighted by atomic mass is 10.1. The fraction of sp³-hybridized carbons (Fsp3) is 0.714. The van der Waals surface area contributed by atoms with Crippen LogP contribution in [0.1, 0.15) is 45.3 Å². The number of rotatable bonds is 8. The van der Waals surface area contributed by atoms with Crippen LogP contribution in [0, 0.1) is 0 Å². The third-order valence-corrected chi connectivity index (χ3v) is 3.29. The molecule has 1 N–H and O–H groups in total. The standard InChI is InChI=1S/C14H26N2O/c1-4-7-14(17)13-8-9-16(12-13)11-10-15(5-2)6-3/h8-9,12,14,17H,4-7,10-11H2,1-3H3. The Morgan fingerprint density at radius 1 is 1.29 bits per heavy atom. The Kier molecular flexibility index (Phi) is 6.30. The van der Waals surface area contributed by atoms with E-state index in [1.165, 1.54) is 0 Å². The molecule has 17 heavy (non-hydrogen) atoms. The van der Waals surface area contributed by atoms with Gasteiger partial charge in [0.05, 0.1) is 6.10 Å². The largest absolute Gasteiger partial charge is 0.388 e. The predicted octanol–water partition coefficient (Wildman–Crippen LogP) is 2.66. The van der Waals surface area contributed by atoms with Crippen LogP contribution in [0.5, 0.6) is 0 Å². The molecule has 0 aliphatic carbocycles. The van der Waals surface area contributed by atoms with Crippen molar-refractivity contribution in [3.63, 3.8) is 0 Å². The molecule has 1 heterocycles. The second kappa shape index (κ2) is 7.51. The molecule has 0 saturated heterocycles. The molecule has 1 aromatic rings. The maximum atomic E-state index is 9.88. The van der Waals surface area contributed by atoms with Crippen LogP contribution in [0.25, 0.3) is 0 Å². The molecule has 98 valence electrons. The molecular weight excluding hydrogens is 212 g/mol. The lowest BCUT2D eigenvalue weighted by molar-refractivity contribution is 0.166. The van der Waals surface area contributed by atoms with Crippen molar-refractivity contribution in [3.8, 4) is 0 Å². The van der Waals surface area contributed by atoms with Gasteiger partial charge in [-0.3, -0.25) is 0 Å². The van der Waals surface area contributed by atoms with Gasteiger partial charge in [-0.2, -0.15) is 0 Å². The van der Waals surface area contributed by atoms with E-state index in [-0.39, 0.29) is 6.10 Å². The molecule has 3 heteroatoms. The molecule has 0 aromatic carbocycles. The molecular formula is C14H26N2O. The van der Waals surface area contributed by atoms with Crippen molar-refractivity contribution in [2.45, 2.75) is 46.3 Å². The number of nitrogens with zero attached hydrogens (tertiary/aromatic N) is 2. The average Bonchev–Trinajstić information content (AvgIpc) is 2.79. The van der Waals surface area contributed by atoms with E-state index in [4.69, 9.17) is 0 Å². The summed E-state index contributed by atoms with van der Waals surface area (Å²) in [6.07, 6.45) is 5.71. The Labute approximate surface area is 105 Å². The van der Waals surface area contributed by atoms with Crippen molar-refractivity contribution in [3.05, 3.63) is 24.0 Å². The Morgan fingerprint density at radius 2 is 2.00 bits per heavy atom. The second-order valence-corrected chi connectivity index (χ2v) is 4.51. The smallest absolute Gasteiger partial charge is 0.0804 e. The van der Waals surface area contributed by atoms with E-state index in [0.29, 0.717) is 0 Å². The highest BCUT2D eigenvalue weighted by Crippen LogP contribution is 2.18. The predicted molar refractivity (Wildman–Crippen MR) is 72.1 cm³/mol. The van der Waals surface area contributed by atoms with Crippen LogP contribution in [0.2, 0.25) is 0 Å². The molecule has 0 fully saturated rings. The van der Waals surface area contributed by atoms with E-state index in [1.807, 2.05) is 6.07 Å². The molecule has 0 bridgehead atoms. The van der Waals surface area contributed by atoms with Gasteiger partial charge in [-0.05, 0) is 31.1 Å². The first-order valence-electron chi connectivity index (χ1n) is 6.77. The monoisotopic (exact) mass is 238 g/mol. The van der Waals surface area contributed by atoms with Crippen LogP contribution in [0.3, 0.4) is 0 Å². The molecule has 3 nitrogen and oxygen atoms in total. The van der Waals surface area contributed by atoms with Gasteiger partial charge in [0.15, 0.2) is 0 Å². The zero-order valence-corrected chi connectivity index (χ0v) is 11.4. The van der Waals surface area contributed by atoms with Crippen LogP contribution in [-0.2, 0) is 6.54 Å². The number of likely N-dealkylation sites (N-methyl/N-ethyl adjacent to an activating group) is 1. The van der Waals surface area contributed by atoms with Crippen molar-refractivity contribution in [1.29, 1.82) is 0 Å². The summed E-state index contributed by atoms with van der Waals surface area (Å²) in [4.78, 5) is 2.40. The fourth-order valence-corrected chi connectivity index (χ4v) is 2.03. The van der Waals surface area contributed by atoms with Gasteiger partial charge in [-0.15, -0.1) is 0 Å². The number of aliphatic hydroxyl groups excluding tert-OH is 1. The Balaban J connectivity index is 2.45. The number of aromatic nitrogens is 1. The average molecular weight is 238 g/mol. The fourth-order valence-electron chi connectivity index (χ4n) is 2.03. The molecule has 1 unspecified atom stereocenters. The Bertz CT molecular complexity index is 305. The van der Waals surface area contributed by atoms with E-state index in [2.05, 4.69) is 42.6 Å². The lowest BCUT2D eigenvalue weighted by Gasteiger charge is -2.18. The number of hydrogen-bond donors (Lipinski definition) is 1. The molecule has 0 saturated carbocycles. The summed E-state index contributed by atoms with van der Waals surface area (Å²) in [7, 11) is 0. The molecule has 0 aliphatic rings. The van der Waals surface area contributed by atoms with Crippen LogP contribution in [-0.4, -0.2) is 34.2 Å². The van der Waals surface area contributed by atoms with Crippen molar-refractivity contribution in [2.24, 2.45) is 0 Å².